The van der Waals surface area contributed by atoms with Crippen molar-refractivity contribution >= 4 is 38.4 Å². The highest BCUT2D eigenvalue weighted by Crippen LogP contribution is 2.35. The van der Waals surface area contributed by atoms with Crippen molar-refractivity contribution in [3.8, 4) is 0 Å². The third-order valence-electron chi connectivity index (χ3n) is 3.70. The Balaban J connectivity index is 2.32. The van der Waals surface area contributed by atoms with Crippen LogP contribution in [0.4, 0.5) is 5.82 Å². The minimum atomic E-state index is 0.807. The zero-order chi connectivity index (χ0) is 13.9. The van der Waals surface area contributed by atoms with Crippen LogP contribution < -0.4 is 4.90 Å². The summed E-state index contributed by atoms with van der Waals surface area (Å²) < 4.78 is 0. The van der Waals surface area contributed by atoms with Crippen LogP contribution in [-0.4, -0.2) is 29.0 Å². The molecule has 4 heteroatoms. The third-order valence-corrected chi connectivity index (χ3v) is 3.70. The van der Waals surface area contributed by atoms with E-state index in [4.69, 9.17) is 0 Å². The molecule has 4 aromatic rings. The number of benzene rings is 2. The minimum Gasteiger partial charge on any atom is -0.362 e. The zero-order valence-electron chi connectivity index (χ0n) is 11.7. The second-order valence-electron chi connectivity index (χ2n) is 5.30. The van der Waals surface area contributed by atoms with Crippen LogP contribution in [0.2, 0.25) is 0 Å². The van der Waals surface area contributed by atoms with Crippen LogP contribution in [0.3, 0.4) is 0 Å². The van der Waals surface area contributed by atoms with Crippen molar-refractivity contribution in [3.63, 3.8) is 0 Å². The van der Waals surface area contributed by atoms with E-state index in [2.05, 4.69) is 39.2 Å². The zero-order valence-corrected chi connectivity index (χ0v) is 11.7. The molecule has 0 amide bonds. The summed E-state index contributed by atoms with van der Waals surface area (Å²) in [7, 11) is 4.03. The molecule has 0 unspecified atom stereocenters. The van der Waals surface area contributed by atoms with Gasteiger partial charge in [0.05, 0.1) is 11.0 Å². The summed E-state index contributed by atoms with van der Waals surface area (Å²) in [6.45, 7) is 1.93. The minimum absolute atomic E-state index is 0.807. The highest BCUT2D eigenvalue weighted by atomic mass is 15.1. The van der Waals surface area contributed by atoms with E-state index in [1.165, 1.54) is 5.39 Å². The van der Waals surface area contributed by atoms with Crippen molar-refractivity contribution in [2.24, 2.45) is 0 Å². The molecule has 0 saturated carbocycles. The number of nitrogens with zero attached hydrogens (tertiary/aromatic N) is 4. The lowest BCUT2D eigenvalue weighted by atomic mass is 10.00. The van der Waals surface area contributed by atoms with E-state index in [1.807, 2.05) is 32.1 Å². The number of hydrogen-bond acceptors (Lipinski definition) is 4. The van der Waals surface area contributed by atoms with Gasteiger partial charge in [-0.3, -0.25) is 0 Å². The normalized spacial score (nSPS) is 11.8. The second-order valence-corrected chi connectivity index (χ2v) is 5.30. The van der Waals surface area contributed by atoms with Gasteiger partial charge in [0.1, 0.15) is 11.6 Å². The van der Waals surface area contributed by atoms with E-state index in [0.29, 0.717) is 0 Å². The number of hydrogen-bond donors (Lipinski definition) is 0. The van der Waals surface area contributed by atoms with Gasteiger partial charge in [0.2, 0.25) is 0 Å². The highest BCUT2D eigenvalue weighted by Gasteiger charge is 2.14. The van der Waals surface area contributed by atoms with Crippen molar-refractivity contribution in [3.05, 3.63) is 36.3 Å². The van der Waals surface area contributed by atoms with Crippen molar-refractivity contribution in [1.82, 2.24) is 15.0 Å². The fourth-order valence-electron chi connectivity index (χ4n) is 2.90. The Hall–Kier alpha value is -2.49. The summed E-state index contributed by atoms with van der Waals surface area (Å²) in [6, 6.07) is 8.31. The molecular weight excluding hydrogens is 248 g/mol. The largest absolute Gasteiger partial charge is 0.362 e. The molecule has 0 aliphatic rings. The Morgan fingerprint density at radius 2 is 1.60 bits per heavy atom. The molecule has 0 atom stereocenters. The lowest BCUT2D eigenvalue weighted by Gasteiger charge is -2.17. The first-order chi connectivity index (χ1) is 9.65. The average Bonchev–Trinajstić information content (AvgIpc) is 2.43. The molecule has 2 heterocycles. The van der Waals surface area contributed by atoms with Gasteiger partial charge in [-0.15, -0.1) is 0 Å². The Bertz CT molecular complexity index is 924. The predicted molar refractivity (Wildman–Crippen MR) is 82.6 cm³/mol. The van der Waals surface area contributed by atoms with Crippen LogP contribution in [0.15, 0.2) is 30.5 Å². The molecule has 0 aliphatic heterocycles. The molecule has 0 fully saturated rings. The number of rotatable bonds is 1. The molecule has 2 aromatic heterocycles. The molecule has 0 spiro atoms. The summed E-state index contributed by atoms with van der Waals surface area (Å²) in [5.74, 6) is 1.79. The summed E-state index contributed by atoms with van der Waals surface area (Å²) in [5, 5.41) is 4.63. The summed E-state index contributed by atoms with van der Waals surface area (Å²) in [4.78, 5) is 15.7. The topological polar surface area (TPSA) is 41.9 Å². The van der Waals surface area contributed by atoms with E-state index in [0.717, 1.165) is 38.8 Å². The van der Waals surface area contributed by atoms with Gasteiger partial charge in [-0.1, -0.05) is 6.07 Å². The van der Waals surface area contributed by atoms with E-state index in [1.54, 1.807) is 0 Å². The van der Waals surface area contributed by atoms with Gasteiger partial charge in [-0.2, -0.15) is 0 Å². The lowest BCUT2D eigenvalue weighted by molar-refractivity contribution is 1.08. The Morgan fingerprint density at radius 1 is 0.900 bits per heavy atom. The molecule has 0 saturated heterocycles. The molecule has 4 nitrogen and oxygen atoms in total. The second kappa shape index (κ2) is 3.76. The van der Waals surface area contributed by atoms with Crippen molar-refractivity contribution in [1.29, 1.82) is 0 Å². The average molecular weight is 262 g/mol. The lowest BCUT2D eigenvalue weighted by Crippen LogP contribution is -2.11. The quantitative estimate of drug-likeness (QED) is 0.494. The smallest absolute Gasteiger partial charge is 0.135 e. The van der Waals surface area contributed by atoms with E-state index in [9.17, 15) is 0 Å². The van der Waals surface area contributed by atoms with Gasteiger partial charge < -0.3 is 4.90 Å². The van der Waals surface area contributed by atoms with Crippen molar-refractivity contribution in [2.45, 2.75) is 6.92 Å². The maximum atomic E-state index is 4.56. The summed E-state index contributed by atoms with van der Waals surface area (Å²) in [5.41, 5.74) is 2.00. The van der Waals surface area contributed by atoms with Crippen LogP contribution >= 0.6 is 0 Å². The molecule has 20 heavy (non-hydrogen) atoms. The molecule has 0 radical (unpaired) electrons. The Labute approximate surface area is 116 Å². The Morgan fingerprint density at radius 3 is 2.30 bits per heavy atom. The van der Waals surface area contributed by atoms with Crippen LogP contribution in [-0.2, 0) is 0 Å². The van der Waals surface area contributed by atoms with Crippen molar-refractivity contribution < 1.29 is 0 Å². The fraction of sp³-hybridized carbons (Fsp3) is 0.188. The molecule has 0 aliphatic carbocycles. The van der Waals surface area contributed by atoms with Crippen molar-refractivity contribution in [2.75, 3.05) is 19.0 Å². The summed E-state index contributed by atoms with van der Waals surface area (Å²) in [6.07, 6.45) is 1.93. The third kappa shape index (κ3) is 1.39. The van der Waals surface area contributed by atoms with Gasteiger partial charge in [-0.25, -0.2) is 15.0 Å². The number of aryl methyl sites for hydroxylation is 1. The monoisotopic (exact) mass is 262 g/mol. The van der Waals surface area contributed by atoms with Gasteiger partial charge in [-0.05, 0) is 25.1 Å². The fourth-order valence-corrected chi connectivity index (χ4v) is 2.90. The number of pyridine rings is 1. The van der Waals surface area contributed by atoms with Crippen LogP contribution in [0.5, 0.6) is 0 Å². The van der Waals surface area contributed by atoms with Gasteiger partial charge >= 0.3 is 0 Å². The van der Waals surface area contributed by atoms with E-state index in [-0.39, 0.29) is 0 Å². The first-order valence-corrected chi connectivity index (χ1v) is 6.60. The predicted octanol–water partition coefficient (Wildman–Crippen LogP) is 3.14. The highest BCUT2D eigenvalue weighted by molar-refractivity contribution is 6.23. The van der Waals surface area contributed by atoms with Crippen LogP contribution in [0.1, 0.15) is 5.82 Å². The van der Waals surface area contributed by atoms with E-state index >= 15 is 0 Å². The van der Waals surface area contributed by atoms with Gasteiger partial charge in [0.25, 0.3) is 0 Å². The molecule has 0 N–H and O–H groups in total. The molecule has 0 bridgehead atoms. The molecular formula is C16H14N4. The first-order valence-electron chi connectivity index (χ1n) is 6.60. The number of aromatic nitrogens is 3. The summed E-state index contributed by atoms with van der Waals surface area (Å²) >= 11 is 0. The maximum absolute atomic E-state index is 4.56. The molecule has 98 valence electrons. The van der Waals surface area contributed by atoms with Gasteiger partial charge in [0, 0.05) is 41.8 Å². The number of anilines is 1. The Kier molecular flexibility index (Phi) is 2.13. The first kappa shape index (κ1) is 11.3. The molecule has 4 rings (SSSR count). The van der Waals surface area contributed by atoms with E-state index < -0.39 is 0 Å². The van der Waals surface area contributed by atoms with Gasteiger partial charge in [0.15, 0.2) is 0 Å². The maximum Gasteiger partial charge on any atom is 0.135 e. The van der Waals surface area contributed by atoms with Crippen LogP contribution in [0, 0.1) is 6.92 Å². The SMILES string of the molecule is Cc1nc2ccc3cnc(N(C)C)c4ccc(n1)c2c34. The standard InChI is InChI=1S/C16H14N4/c1-9-18-12-6-4-10-8-17-16(20(2)3)11-5-7-13(19-9)15(12)14(10)11/h4-8H,1-3H3. The van der Waals surface area contributed by atoms with Crippen LogP contribution in [0.25, 0.3) is 32.6 Å². The molecule has 2 aromatic carbocycles.